The van der Waals surface area contributed by atoms with E-state index < -0.39 is 0 Å². The van der Waals surface area contributed by atoms with Crippen LogP contribution in [-0.4, -0.2) is 29.2 Å². The molecule has 2 heterocycles. The van der Waals surface area contributed by atoms with Crippen molar-refractivity contribution in [2.75, 3.05) is 13.7 Å². The third kappa shape index (κ3) is 2.95. The van der Waals surface area contributed by atoms with Gasteiger partial charge in [0.25, 0.3) is 5.91 Å². The summed E-state index contributed by atoms with van der Waals surface area (Å²) in [6.07, 6.45) is 1.67. The van der Waals surface area contributed by atoms with E-state index in [0.29, 0.717) is 23.5 Å². The lowest BCUT2D eigenvalue weighted by atomic mass is 10.2. The molecule has 0 aliphatic carbocycles. The second-order valence-electron chi connectivity index (χ2n) is 5.81. The number of thiazole rings is 1. The van der Waals surface area contributed by atoms with Crippen molar-refractivity contribution in [3.63, 3.8) is 0 Å². The number of methoxy groups -OCH3 is 1. The molecule has 0 atom stereocenters. The zero-order valence-electron chi connectivity index (χ0n) is 14.0. The molecule has 2 aromatic carbocycles. The third-order valence-electron chi connectivity index (χ3n) is 4.18. The minimum Gasteiger partial charge on any atom is -0.383 e. The molecule has 26 heavy (non-hydrogen) atoms. The molecular weight excluding hydrogens is 353 g/mol. The molecule has 4 rings (SSSR count). The van der Waals surface area contributed by atoms with Crippen molar-refractivity contribution in [3.05, 3.63) is 64.8 Å². The number of aromatic nitrogens is 2. The smallest absolute Gasteiger partial charge is 0.281 e. The zero-order chi connectivity index (χ0) is 18.1. The van der Waals surface area contributed by atoms with E-state index in [-0.39, 0.29) is 11.7 Å². The van der Waals surface area contributed by atoms with Crippen molar-refractivity contribution in [2.45, 2.75) is 6.54 Å². The highest BCUT2D eigenvalue weighted by molar-refractivity contribution is 7.16. The first-order chi connectivity index (χ1) is 12.7. The van der Waals surface area contributed by atoms with Crippen LogP contribution in [0.25, 0.3) is 21.1 Å². The van der Waals surface area contributed by atoms with E-state index in [9.17, 15) is 9.18 Å². The topological polar surface area (TPSA) is 59.4 Å². The van der Waals surface area contributed by atoms with E-state index >= 15 is 0 Å². The van der Waals surface area contributed by atoms with Gasteiger partial charge in [0.2, 0.25) is 0 Å². The molecular formula is C19H16FN3O2S. The van der Waals surface area contributed by atoms with Gasteiger partial charge >= 0.3 is 0 Å². The number of rotatable bonds is 4. The lowest BCUT2D eigenvalue weighted by Gasteiger charge is -2.04. The molecule has 0 radical (unpaired) electrons. The fraction of sp³-hybridized carbons (Fsp3) is 0.158. The van der Waals surface area contributed by atoms with Crippen molar-refractivity contribution in [1.82, 2.24) is 9.55 Å². The van der Waals surface area contributed by atoms with Gasteiger partial charge in [-0.25, -0.2) is 4.39 Å². The summed E-state index contributed by atoms with van der Waals surface area (Å²) in [7, 11) is 1.61. The third-order valence-corrected chi connectivity index (χ3v) is 5.22. The summed E-state index contributed by atoms with van der Waals surface area (Å²) in [5.74, 6) is -0.646. The number of ether oxygens (including phenoxy) is 1. The molecule has 1 N–H and O–H groups in total. The second-order valence-corrected chi connectivity index (χ2v) is 6.82. The number of benzene rings is 2. The molecule has 5 nitrogen and oxygen atoms in total. The van der Waals surface area contributed by atoms with Crippen LogP contribution in [0.15, 0.2) is 53.7 Å². The van der Waals surface area contributed by atoms with Gasteiger partial charge in [0, 0.05) is 30.8 Å². The van der Waals surface area contributed by atoms with Crippen molar-refractivity contribution >= 4 is 38.4 Å². The molecule has 0 aliphatic heterocycles. The minimum absolute atomic E-state index is 0.313. The molecule has 2 aromatic heterocycles. The predicted octanol–water partition coefficient (Wildman–Crippen LogP) is 3.71. The maximum Gasteiger partial charge on any atom is 0.281 e. The summed E-state index contributed by atoms with van der Waals surface area (Å²) in [5, 5.41) is 0.830. The summed E-state index contributed by atoms with van der Waals surface area (Å²) < 4.78 is 21.3. The molecule has 7 heteroatoms. The maximum atomic E-state index is 13.6. The van der Waals surface area contributed by atoms with E-state index in [2.05, 4.69) is 9.98 Å². The quantitative estimate of drug-likeness (QED) is 0.596. The Bertz CT molecular complexity index is 1170. The number of nitrogens with zero attached hydrogens (tertiary/aromatic N) is 2. The predicted molar refractivity (Wildman–Crippen MR) is 99.8 cm³/mol. The number of hydrogen-bond donors (Lipinski definition) is 1. The van der Waals surface area contributed by atoms with Gasteiger partial charge in [0.15, 0.2) is 4.80 Å². The van der Waals surface area contributed by atoms with E-state index in [1.54, 1.807) is 19.4 Å². The van der Waals surface area contributed by atoms with Crippen LogP contribution in [0.3, 0.4) is 0 Å². The molecule has 0 saturated heterocycles. The zero-order valence-corrected chi connectivity index (χ0v) is 14.8. The van der Waals surface area contributed by atoms with Gasteiger partial charge in [0.05, 0.1) is 22.4 Å². The van der Waals surface area contributed by atoms with E-state index in [1.807, 2.05) is 28.8 Å². The van der Waals surface area contributed by atoms with E-state index in [0.717, 1.165) is 21.1 Å². The van der Waals surface area contributed by atoms with Gasteiger partial charge in [-0.05, 0) is 24.3 Å². The highest BCUT2D eigenvalue weighted by Gasteiger charge is 2.13. The number of carbonyl (C=O) groups excluding carboxylic acids is 1. The summed E-state index contributed by atoms with van der Waals surface area (Å²) in [5.41, 5.74) is 2.23. The van der Waals surface area contributed by atoms with E-state index in [1.165, 1.54) is 23.5 Å². The van der Waals surface area contributed by atoms with Gasteiger partial charge in [-0.1, -0.05) is 29.5 Å². The standard InChI is InChI=1S/C19H16FN3O2S/c1-25-9-8-23-16-7-6-12(20)10-17(16)26-19(23)22-18(24)14-11-21-15-5-3-2-4-13(14)15/h2-7,10-11,21H,8-9H2,1H3. The number of aromatic amines is 1. The molecule has 0 fully saturated rings. The van der Waals surface area contributed by atoms with Crippen LogP contribution in [0, 0.1) is 5.82 Å². The first kappa shape index (κ1) is 16.7. The average molecular weight is 369 g/mol. The minimum atomic E-state index is -0.333. The molecule has 132 valence electrons. The summed E-state index contributed by atoms with van der Waals surface area (Å²) in [6.45, 7) is 1.000. The maximum absolute atomic E-state index is 13.6. The van der Waals surface area contributed by atoms with Crippen LogP contribution < -0.4 is 4.80 Å². The van der Waals surface area contributed by atoms with Crippen LogP contribution in [0.5, 0.6) is 0 Å². The lowest BCUT2D eigenvalue weighted by molar-refractivity contribution is 0.0999. The van der Waals surface area contributed by atoms with Gasteiger partial charge in [-0.3, -0.25) is 4.79 Å². The molecule has 0 spiro atoms. The van der Waals surface area contributed by atoms with Crippen LogP contribution in [0.2, 0.25) is 0 Å². The number of H-pyrrole nitrogens is 1. The Morgan fingerprint density at radius 1 is 1.31 bits per heavy atom. The molecule has 1 amide bonds. The van der Waals surface area contributed by atoms with Gasteiger partial charge in [0.1, 0.15) is 5.82 Å². The highest BCUT2D eigenvalue weighted by Crippen LogP contribution is 2.20. The summed E-state index contributed by atoms with van der Waals surface area (Å²) >= 11 is 1.29. The van der Waals surface area contributed by atoms with Crippen LogP contribution >= 0.6 is 11.3 Å². The number of fused-ring (bicyclic) bond motifs is 2. The van der Waals surface area contributed by atoms with Crippen molar-refractivity contribution in [2.24, 2.45) is 4.99 Å². The largest absolute Gasteiger partial charge is 0.383 e. The van der Waals surface area contributed by atoms with Gasteiger partial charge in [-0.2, -0.15) is 4.99 Å². The Kier molecular flexibility index (Phi) is 4.40. The summed E-state index contributed by atoms with van der Waals surface area (Å²) in [6, 6.07) is 12.1. The number of nitrogens with one attached hydrogen (secondary N) is 1. The Hall–Kier alpha value is -2.77. The fourth-order valence-corrected chi connectivity index (χ4v) is 4.01. The Morgan fingerprint density at radius 2 is 2.15 bits per heavy atom. The monoisotopic (exact) mass is 369 g/mol. The molecule has 4 aromatic rings. The molecule has 0 unspecified atom stereocenters. The van der Waals surface area contributed by atoms with Crippen molar-refractivity contribution in [1.29, 1.82) is 0 Å². The first-order valence-corrected chi connectivity index (χ1v) is 8.92. The number of amides is 1. The summed E-state index contributed by atoms with van der Waals surface area (Å²) in [4.78, 5) is 20.7. The number of para-hydroxylation sites is 1. The normalized spacial score (nSPS) is 12.3. The highest BCUT2D eigenvalue weighted by atomic mass is 32.1. The Labute approximate surface area is 152 Å². The van der Waals surface area contributed by atoms with Crippen molar-refractivity contribution in [3.8, 4) is 0 Å². The molecule has 0 saturated carbocycles. The number of halogens is 1. The average Bonchev–Trinajstić information content (AvgIpc) is 3.20. The van der Waals surface area contributed by atoms with Gasteiger partial charge < -0.3 is 14.3 Å². The lowest BCUT2D eigenvalue weighted by Crippen LogP contribution is -2.19. The van der Waals surface area contributed by atoms with Crippen molar-refractivity contribution < 1.29 is 13.9 Å². The SMILES string of the molecule is COCCn1c(=NC(=O)c2c[nH]c3ccccc23)sc2cc(F)ccc21. The van der Waals surface area contributed by atoms with E-state index in [4.69, 9.17) is 4.74 Å². The number of carbonyl (C=O) groups is 1. The first-order valence-electron chi connectivity index (χ1n) is 8.10. The fourth-order valence-electron chi connectivity index (χ4n) is 2.93. The Morgan fingerprint density at radius 3 is 3.00 bits per heavy atom. The molecule has 0 bridgehead atoms. The van der Waals surface area contributed by atoms with Crippen LogP contribution in [0.4, 0.5) is 4.39 Å². The molecule has 0 aliphatic rings. The van der Waals surface area contributed by atoms with Crippen LogP contribution in [-0.2, 0) is 11.3 Å². The second kappa shape index (κ2) is 6.86. The Balaban J connectivity index is 1.85. The van der Waals surface area contributed by atoms with Crippen LogP contribution in [0.1, 0.15) is 10.4 Å². The number of hydrogen-bond acceptors (Lipinski definition) is 3. The van der Waals surface area contributed by atoms with Gasteiger partial charge in [-0.15, -0.1) is 0 Å².